The number of fused-ring (bicyclic) bond motifs is 1. The van der Waals surface area contributed by atoms with Crippen LogP contribution in [0.5, 0.6) is 5.75 Å². The van der Waals surface area contributed by atoms with Crippen LogP contribution in [0.2, 0.25) is 0 Å². The number of rotatable bonds is 4. The van der Waals surface area contributed by atoms with Crippen molar-refractivity contribution < 1.29 is 9.47 Å². The molecule has 0 aliphatic carbocycles. The first-order chi connectivity index (χ1) is 12.2. The molecule has 0 saturated carbocycles. The standard InChI is InChI=1S/C19H22N4O2/c1-12(2)13-4-5-17(24-3)15(8-13)16-9-20-18-19(22-16)23(11-21-18)14-6-7-25-10-14/h4-5,8-9,11-12,14H,6-7,10H2,1-3H3/t14-/m0/s1. The lowest BCUT2D eigenvalue weighted by Crippen LogP contribution is -2.08. The van der Waals surface area contributed by atoms with Crippen molar-refractivity contribution in [2.24, 2.45) is 0 Å². The molecule has 6 heteroatoms. The Hall–Kier alpha value is -2.47. The highest BCUT2D eigenvalue weighted by molar-refractivity contribution is 5.74. The summed E-state index contributed by atoms with van der Waals surface area (Å²) in [5, 5.41) is 0. The van der Waals surface area contributed by atoms with Gasteiger partial charge < -0.3 is 14.0 Å². The van der Waals surface area contributed by atoms with Crippen LogP contribution in [0.4, 0.5) is 0 Å². The fourth-order valence-electron chi connectivity index (χ4n) is 3.23. The zero-order valence-corrected chi connectivity index (χ0v) is 14.8. The Morgan fingerprint density at radius 2 is 2.16 bits per heavy atom. The third-order valence-electron chi connectivity index (χ3n) is 4.75. The van der Waals surface area contributed by atoms with Gasteiger partial charge in [-0.1, -0.05) is 19.9 Å². The number of hydrogen-bond donors (Lipinski definition) is 0. The number of ether oxygens (including phenoxy) is 2. The van der Waals surface area contributed by atoms with Crippen LogP contribution in [0.1, 0.15) is 37.8 Å². The Kier molecular flexibility index (Phi) is 4.13. The molecule has 4 rings (SSSR count). The van der Waals surface area contributed by atoms with Crippen molar-refractivity contribution in [1.29, 1.82) is 0 Å². The fourth-order valence-corrected chi connectivity index (χ4v) is 3.23. The highest BCUT2D eigenvalue weighted by atomic mass is 16.5. The van der Waals surface area contributed by atoms with E-state index in [0.717, 1.165) is 35.7 Å². The molecule has 3 heterocycles. The van der Waals surface area contributed by atoms with Gasteiger partial charge in [0.15, 0.2) is 11.3 Å². The Labute approximate surface area is 146 Å². The lowest BCUT2D eigenvalue weighted by Gasteiger charge is -2.13. The summed E-state index contributed by atoms with van der Waals surface area (Å²) >= 11 is 0. The van der Waals surface area contributed by atoms with E-state index < -0.39 is 0 Å². The fraction of sp³-hybridized carbons (Fsp3) is 0.421. The normalized spacial score (nSPS) is 17.5. The summed E-state index contributed by atoms with van der Waals surface area (Å²) < 4.78 is 13.1. The van der Waals surface area contributed by atoms with Crippen LogP contribution in [0.3, 0.4) is 0 Å². The lowest BCUT2D eigenvalue weighted by molar-refractivity contribution is 0.187. The molecule has 0 spiro atoms. The largest absolute Gasteiger partial charge is 0.496 e. The molecule has 1 aliphatic heterocycles. The molecule has 1 atom stereocenters. The molecule has 0 unspecified atom stereocenters. The monoisotopic (exact) mass is 338 g/mol. The van der Waals surface area contributed by atoms with E-state index in [1.807, 2.05) is 12.4 Å². The van der Waals surface area contributed by atoms with Crippen LogP contribution >= 0.6 is 0 Å². The molecule has 1 fully saturated rings. The van der Waals surface area contributed by atoms with Gasteiger partial charge in [0.1, 0.15) is 5.75 Å². The second-order valence-corrected chi connectivity index (χ2v) is 6.69. The zero-order valence-electron chi connectivity index (χ0n) is 14.8. The van der Waals surface area contributed by atoms with Gasteiger partial charge in [0.2, 0.25) is 0 Å². The summed E-state index contributed by atoms with van der Waals surface area (Å²) in [4.78, 5) is 13.8. The van der Waals surface area contributed by atoms with E-state index >= 15 is 0 Å². The molecule has 25 heavy (non-hydrogen) atoms. The molecule has 1 aliphatic rings. The second kappa shape index (κ2) is 6.44. The third-order valence-corrected chi connectivity index (χ3v) is 4.75. The van der Waals surface area contributed by atoms with Crippen LogP contribution in [0, 0.1) is 0 Å². The molecule has 3 aromatic rings. The van der Waals surface area contributed by atoms with Gasteiger partial charge in [0.05, 0.1) is 38.0 Å². The Morgan fingerprint density at radius 1 is 1.28 bits per heavy atom. The topological polar surface area (TPSA) is 62.1 Å². The number of methoxy groups -OCH3 is 1. The van der Waals surface area contributed by atoms with Crippen molar-refractivity contribution in [3.05, 3.63) is 36.3 Å². The summed E-state index contributed by atoms with van der Waals surface area (Å²) in [5.41, 5.74) is 4.46. The molecule has 1 aromatic carbocycles. The summed E-state index contributed by atoms with van der Waals surface area (Å²) in [6.45, 7) is 5.83. The van der Waals surface area contributed by atoms with Crippen LogP contribution in [0.15, 0.2) is 30.7 Å². The number of imidazole rings is 1. The summed E-state index contributed by atoms with van der Waals surface area (Å²) in [7, 11) is 1.68. The molecule has 0 amide bonds. The van der Waals surface area contributed by atoms with E-state index in [0.29, 0.717) is 18.2 Å². The average Bonchev–Trinajstić information content (AvgIpc) is 3.29. The van der Waals surface area contributed by atoms with E-state index in [1.165, 1.54) is 5.56 Å². The van der Waals surface area contributed by atoms with E-state index in [2.05, 4.69) is 40.5 Å². The molecule has 2 aromatic heterocycles. The molecule has 130 valence electrons. The van der Waals surface area contributed by atoms with Gasteiger partial charge in [-0.15, -0.1) is 0 Å². The summed E-state index contributed by atoms with van der Waals surface area (Å²) in [6, 6.07) is 6.51. The maximum Gasteiger partial charge on any atom is 0.197 e. The van der Waals surface area contributed by atoms with E-state index in [9.17, 15) is 0 Å². The molecule has 0 bridgehead atoms. The smallest absolute Gasteiger partial charge is 0.197 e. The van der Waals surface area contributed by atoms with E-state index in [-0.39, 0.29) is 6.04 Å². The Balaban J connectivity index is 1.84. The second-order valence-electron chi connectivity index (χ2n) is 6.69. The van der Waals surface area contributed by atoms with Crippen molar-refractivity contribution in [2.45, 2.75) is 32.2 Å². The zero-order chi connectivity index (χ0) is 17.4. The number of hydrogen-bond acceptors (Lipinski definition) is 5. The number of nitrogens with zero attached hydrogens (tertiary/aromatic N) is 4. The summed E-state index contributed by atoms with van der Waals surface area (Å²) in [6.07, 6.45) is 4.56. The Morgan fingerprint density at radius 3 is 2.88 bits per heavy atom. The predicted octanol–water partition coefficient (Wildman–Crippen LogP) is 3.59. The van der Waals surface area contributed by atoms with Gasteiger partial charge >= 0.3 is 0 Å². The maximum absolute atomic E-state index is 5.55. The molecule has 0 radical (unpaired) electrons. The Bertz CT molecular complexity index is 898. The predicted molar refractivity (Wildman–Crippen MR) is 95.9 cm³/mol. The van der Waals surface area contributed by atoms with Gasteiger partial charge in [0, 0.05) is 12.2 Å². The van der Waals surface area contributed by atoms with Gasteiger partial charge in [-0.25, -0.2) is 15.0 Å². The van der Waals surface area contributed by atoms with Gasteiger partial charge in [-0.2, -0.15) is 0 Å². The molecule has 0 N–H and O–H groups in total. The van der Waals surface area contributed by atoms with Crippen molar-refractivity contribution in [1.82, 2.24) is 19.5 Å². The average molecular weight is 338 g/mol. The van der Waals surface area contributed by atoms with Crippen LogP contribution in [0.25, 0.3) is 22.6 Å². The first-order valence-corrected chi connectivity index (χ1v) is 8.63. The van der Waals surface area contributed by atoms with Crippen molar-refractivity contribution in [2.75, 3.05) is 20.3 Å². The third kappa shape index (κ3) is 2.87. The number of benzene rings is 1. The molecular formula is C19H22N4O2. The maximum atomic E-state index is 5.55. The first-order valence-electron chi connectivity index (χ1n) is 8.63. The highest BCUT2D eigenvalue weighted by Gasteiger charge is 2.21. The molecular weight excluding hydrogens is 316 g/mol. The van der Waals surface area contributed by atoms with Crippen molar-refractivity contribution in [3.63, 3.8) is 0 Å². The number of aromatic nitrogens is 4. The molecule has 6 nitrogen and oxygen atoms in total. The van der Waals surface area contributed by atoms with Crippen LogP contribution in [-0.4, -0.2) is 39.8 Å². The quantitative estimate of drug-likeness (QED) is 0.727. The highest BCUT2D eigenvalue weighted by Crippen LogP contribution is 2.32. The van der Waals surface area contributed by atoms with Gasteiger partial charge in [0.25, 0.3) is 0 Å². The van der Waals surface area contributed by atoms with Crippen molar-refractivity contribution >= 4 is 11.3 Å². The SMILES string of the molecule is COc1ccc(C(C)C)cc1-c1cnc2ncn([C@H]3CCOC3)c2n1. The summed E-state index contributed by atoms with van der Waals surface area (Å²) in [5.74, 6) is 1.23. The van der Waals surface area contributed by atoms with E-state index in [1.54, 1.807) is 13.3 Å². The van der Waals surface area contributed by atoms with E-state index in [4.69, 9.17) is 14.5 Å². The van der Waals surface area contributed by atoms with Crippen LogP contribution < -0.4 is 4.74 Å². The minimum absolute atomic E-state index is 0.276. The minimum Gasteiger partial charge on any atom is -0.496 e. The van der Waals surface area contributed by atoms with Gasteiger partial charge in [-0.05, 0) is 30.0 Å². The first kappa shape index (κ1) is 16.0. The van der Waals surface area contributed by atoms with Crippen molar-refractivity contribution in [3.8, 4) is 17.0 Å². The minimum atomic E-state index is 0.276. The van der Waals surface area contributed by atoms with Gasteiger partial charge in [-0.3, -0.25) is 0 Å². The lowest BCUT2D eigenvalue weighted by atomic mass is 9.99. The van der Waals surface area contributed by atoms with Crippen LogP contribution in [-0.2, 0) is 4.74 Å². The molecule has 1 saturated heterocycles.